The lowest BCUT2D eigenvalue weighted by Crippen LogP contribution is -2.28. The van der Waals surface area contributed by atoms with E-state index in [2.05, 4.69) is 57.0 Å². The molecule has 1 aliphatic rings. The number of benzene rings is 1. The van der Waals surface area contributed by atoms with Gasteiger partial charge in [-0.1, -0.05) is 45.1 Å². The Morgan fingerprint density at radius 1 is 1.30 bits per heavy atom. The first kappa shape index (κ1) is 15.3. The third-order valence-electron chi connectivity index (χ3n) is 3.99. The Bertz CT molecular complexity index is 497. The van der Waals surface area contributed by atoms with E-state index in [0.717, 1.165) is 19.5 Å². The maximum Gasteiger partial charge on any atom is 0.0646 e. The van der Waals surface area contributed by atoms with E-state index in [1.165, 1.54) is 22.3 Å². The molecule has 0 fully saturated rings. The highest BCUT2D eigenvalue weighted by Crippen LogP contribution is 2.30. The van der Waals surface area contributed by atoms with Gasteiger partial charge in [0.1, 0.15) is 0 Å². The first-order valence-electron chi connectivity index (χ1n) is 7.42. The van der Waals surface area contributed by atoms with E-state index in [1.54, 1.807) is 7.11 Å². The number of rotatable bonds is 3. The highest BCUT2D eigenvalue weighted by Gasteiger charge is 2.21. The average Bonchev–Trinajstić information content (AvgIpc) is 2.37. The summed E-state index contributed by atoms with van der Waals surface area (Å²) >= 11 is 0. The van der Waals surface area contributed by atoms with Crippen LogP contribution < -0.4 is 0 Å². The highest BCUT2D eigenvalue weighted by atomic mass is 16.5. The van der Waals surface area contributed by atoms with Gasteiger partial charge >= 0.3 is 0 Å². The Labute approximate surface area is 123 Å². The third kappa shape index (κ3) is 3.50. The Morgan fingerprint density at radius 3 is 2.70 bits per heavy atom. The Morgan fingerprint density at radius 2 is 2.05 bits per heavy atom. The van der Waals surface area contributed by atoms with E-state index in [1.807, 2.05) is 0 Å². The molecule has 20 heavy (non-hydrogen) atoms. The second-order valence-corrected chi connectivity index (χ2v) is 6.80. The Balaban J connectivity index is 2.45. The molecule has 0 radical (unpaired) electrons. The molecule has 0 N–H and O–H groups in total. The quantitative estimate of drug-likeness (QED) is 0.834. The van der Waals surface area contributed by atoms with Crippen molar-refractivity contribution in [1.29, 1.82) is 0 Å². The summed E-state index contributed by atoms with van der Waals surface area (Å²) < 4.78 is 5.13. The summed E-state index contributed by atoms with van der Waals surface area (Å²) in [5.41, 5.74) is 5.99. The van der Waals surface area contributed by atoms with E-state index in [0.29, 0.717) is 6.61 Å². The van der Waals surface area contributed by atoms with E-state index >= 15 is 0 Å². The largest absolute Gasteiger partial charge is 0.381 e. The smallest absolute Gasteiger partial charge is 0.0646 e. The number of nitrogens with zero attached hydrogens (tertiary/aromatic N) is 1. The van der Waals surface area contributed by atoms with Crippen LogP contribution in [0.1, 0.15) is 43.0 Å². The molecule has 1 heterocycles. The molecule has 2 heteroatoms. The van der Waals surface area contributed by atoms with Crippen LogP contribution in [0, 0.1) is 0 Å². The van der Waals surface area contributed by atoms with Crippen LogP contribution in [-0.4, -0.2) is 32.2 Å². The predicted molar refractivity (Wildman–Crippen MR) is 86.1 cm³/mol. The standard InChI is InChI=1S/C18H27NO/c1-18(2,3)16-11-14(7-6-10-20-5)17-8-9-19(4)13-15(17)12-16/h6-7,11-12H,8-10,13H2,1-5H3/b7-6+. The van der Waals surface area contributed by atoms with Gasteiger partial charge in [-0.25, -0.2) is 0 Å². The highest BCUT2D eigenvalue weighted by molar-refractivity contribution is 5.59. The minimum Gasteiger partial charge on any atom is -0.381 e. The van der Waals surface area contributed by atoms with Gasteiger partial charge < -0.3 is 9.64 Å². The van der Waals surface area contributed by atoms with Crippen molar-refractivity contribution in [3.63, 3.8) is 0 Å². The van der Waals surface area contributed by atoms with E-state index in [-0.39, 0.29) is 5.41 Å². The lowest BCUT2D eigenvalue weighted by molar-refractivity contribution is 0.234. The molecule has 2 nitrogen and oxygen atoms in total. The van der Waals surface area contributed by atoms with Crippen molar-refractivity contribution in [2.75, 3.05) is 27.3 Å². The monoisotopic (exact) mass is 273 g/mol. The number of fused-ring (bicyclic) bond motifs is 1. The van der Waals surface area contributed by atoms with Gasteiger partial charge in [0, 0.05) is 20.2 Å². The average molecular weight is 273 g/mol. The molecule has 110 valence electrons. The van der Waals surface area contributed by atoms with Gasteiger partial charge in [-0.05, 0) is 41.1 Å². The summed E-state index contributed by atoms with van der Waals surface area (Å²) in [5, 5.41) is 0. The molecule has 0 spiro atoms. The number of likely N-dealkylation sites (N-methyl/N-ethyl adjacent to an activating group) is 1. The first-order valence-corrected chi connectivity index (χ1v) is 7.42. The van der Waals surface area contributed by atoms with Gasteiger partial charge in [-0.2, -0.15) is 0 Å². The van der Waals surface area contributed by atoms with Crippen molar-refractivity contribution in [1.82, 2.24) is 4.90 Å². The minimum atomic E-state index is 0.189. The van der Waals surface area contributed by atoms with Crippen LogP contribution in [-0.2, 0) is 23.1 Å². The third-order valence-corrected chi connectivity index (χ3v) is 3.99. The van der Waals surface area contributed by atoms with Crippen LogP contribution in [0.2, 0.25) is 0 Å². The fourth-order valence-electron chi connectivity index (χ4n) is 2.73. The zero-order chi connectivity index (χ0) is 14.8. The summed E-state index contributed by atoms with van der Waals surface area (Å²) in [7, 11) is 3.94. The molecular formula is C18H27NO. The predicted octanol–water partition coefficient (Wildman–Crippen LogP) is 3.63. The SMILES string of the molecule is COC/C=C/c1cc(C(C)(C)C)cc2c1CCN(C)C2. The topological polar surface area (TPSA) is 12.5 Å². The van der Waals surface area contributed by atoms with Crippen LogP contribution >= 0.6 is 0 Å². The fraction of sp³-hybridized carbons (Fsp3) is 0.556. The van der Waals surface area contributed by atoms with Crippen LogP contribution in [0.5, 0.6) is 0 Å². The molecule has 1 aromatic carbocycles. The van der Waals surface area contributed by atoms with Gasteiger partial charge in [0.05, 0.1) is 6.61 Å². The lowest BCUT2D eigenvalue weighted by Gasteiger charge is -2.29. The second-order valence-electron chi connectivity index (χ2n) is 6.80. The van der Waals surface area contributed by atoms with Crippen molar-refractivity contribution in [2.24, 2.45) is 0 Å². The van der Waals surface area contributed by atoms with Crippen LogP contribution in [0.4, 0.5) is 0 Å². The van der Waals surface area contributed by atoms with Gasteiger partial charge in [-0.3, -0.25) is 0 Å². The van der Waals surface area contributed by atoms with E-state index < -0.39 is 0 Å². The summed E-state index contributed by atoms with van der Waals surface area (Å²) in [6.45, 7) is 9.73. The first-order chi connectivity index (χ1) is 9.41. The maximum absolute atomic E-state index is 5.13. The molecule has 1 aliphatic heterocycles. The summed E-state index contributed by atoms with van der Waals surface area (Å²) in [4.78, 5) is 2.40. The molecule has 0 saturated carbocycles. The lowest BCUT2D eigenvalue weighted by atomic mass is 9.82. The molecular weight excluding hydrogens is 246 g/mol. The minimum absolute atomic E-state index is 0.189. The normalized spacial score (nSPS) is 16.6. The number of hydrogen-bond acceptors (Lipinski definition) is 2. The fourth-order valence-corrected chi connectivity index (χ4v) is 2.73. The van der Waals surface area contributed by atoms with Crippen LogP contribution in [0.3, 0.4) is 0 Å². The van der Waals surface area contributed by atoms with Crippen molar-refractivity contribution < 1.29 is 4.74 Å². The molecule has 0 unspecified atom stereocenters. The summed E-state index contributed by atoms with van der Waals surface area (Å²) in [6.07, 6.45) is 5.48. The van der Waals surface area contributed by atoms with Crippen LogP contribution in [0.25, 0.3) is 6.08 Å². The van der Waals surface area contributed by atoms with Gasteiger partial charge in [0.15, 0.2) is 0 Å². The molecule has 0 aromatic heterocycles. The van der Waals surface area contributed by atoms with Crippen LogP contribution in [0.15, 0.2) is 18.2 Å². The summed E-state index contributed by atoms with van der Waals surface area (Å²) in [5.74, 6) is 0. The summed E-state index contributed by atoms with van der Waals surface area (Å²) in [6, 6.07) is 4.76. The Kier molecular flexibility index (Phi) is 4.66. The van der Waals surface area contributed by atoms with Gasteiger partial charge in [0.25, 0.3) is 0 Å². The van der Waals surface area contributed by atoms with Crippen molar-refractivity contribution in [3.8, 4) is 0 Å². The Hall–Kier alpha value is -1.12. The van der Waals surface area contributed by atoms with E-state index in [4.69, 9.17) is 4.74 Å². The molecule has 0 atom stereocenters. The van der Waals surface area contributed by atoms with Crippen molar-refractivity contribution >= 4 is 6.08 Å². The van der Waals surface area contributed by atoms with Crippen molar-refractivity contribution in [2.45, 2.75) is 39.2 Å². The number of hydrogen-bond donors (Lipinski definition) is 0. The molecule has 0 amide bonds. The number of methoxy groups -OCH3 is 1. The molecule has 0 aliphatic carbocycles. The zero-order valence-corrected chi connectivity index (χ0v) is 13.5. The molecule has 0 bridgehead atoms. The zero-order valence-electron chi connectivity index (χ0n) is 13.5. The maximum atomic E-state index is 5.13. The van der Waals surface area contributed by atoms with E-state index in [9.17, 15) is 0 Å². The van der Waals surface area contributed by atoms with Crippen molar-refractivity contribution in [3.05, 3.63) is 40.5 Å². The van der Waals surface area contributed by atoms with Gasteiger partial charge in [-0.15, -0.1) is 0 Å². The molecule has 2 rings (SSSR count). The molecule has 0 saturated heterocycles. The number of ether oxygens (including phenoxy) is 1. The van der Waals surface area contributed by atoms with Gasteiger partial charge in [0.2, 0.25) is 0 Å². The second kappa shape index (κ2) is 6.11. The molecule has 1 aromatic rings.